The van der Waals surface area contributed by atoms with Crippen molar-refractivity contribution in [2.75, 3.05) is 24.2 Å². The molecular formula is C34H43N3O5S. The molecular weight excluding hydrogens is 562 g/mol. The van der Waals surface area contributed by atoms with Crippen molar-refractivity contribution >= 4 is 27.5 Å². The molecule has 0 bridgehead atoms. The second-order valence-corrected chi connectivity index (χ2v) is 13.2. The van der Waals surface area contributed by atoms with Gasteiger partial charge in [-0.15, -0.1) is 0 Å². The van der Waals surface area contributed by atoms with Crippen LogP contribution >= 0.6 is 0 Å². The van der Waals surface area contributed by atoms with Gasteiger partial charge >= 0.3 is 0 Å². The number of aryl methyl sites for hydroxylation is 1. The zero-order valence-electron chi connectivity index (χ0n) is 25.4. The van der Waals surface area contributed by atoms with E-state index in [0.29, 0.717) is 17.9 Å². The van der Waals surface area contributed by atoms with Crippen LogP contribution in [0.2, 0.25) is 0 Å². The molecule has 0 spiro atoms. The number of amides is 2. The Morgan fingerprint density at radius 2 is 1.58 bits per heavy atom. The minimum atomic E-state index is -3.64. The summed E-state index contributed by atoms with van der Waals surface area (Å²) < 4.78 is 32.2. The van der Waals surface area contributed by atoms with Gasteiger partial charge in [-0.2, -0.15) is 0 Å². The van der Waals surface area contributed by atoms with Crippen molar-refractivity contribution in [3.8, 4) is 5.75 Å². The number of para-hydroxylation sites is 2. The maximum atomic E-state index is 14.0. The van der Waals surface area contributed by atoms with Gasteiger partial charge in [0, 0.05) is 32.0 Å². The van der Waals surface area contributed by atoms with E-state index in [1.54, 1.807) is 29.2 Å². The predicted molar refractivity (Wildman–Crippen MR) is 170 cm³/mol. The van der Waals surface area contributed by atoms with Crippen LogP contribution in [0.25, 0.3) is 0 Å². The van der Waals surface area contributed by atoms with Crippen molar-refractivity contribution in [2.45, 2.75) is 70.5 Å². The van der Waals surface area contributed by atoms with Gasteiger partial charge < -0.3 is 15.0 Å². The minimum Gasteiger partial charge on any atom is -0.495 e. The summed E-state index contributed by atoms with van der Waals surface area (Å²) in [4.78, 5) is 29.6. The molecule has 3 aromatic carbocycles. The molecule has 1 N–H and O–H groups in total. The highest BCUT2D eigenvalue weighted by Crippen LogP contribution is 2.30. The van der Waals surface area contributed by atoms with Crippen LogP contribution in [0.1, 0.15) is 55.2 Å². The number of hydrogen-bond acceptors (Lipinski definition) is 5. The summed E-state index contributed by atoms with van der Waals surface area (Å²) in [6, 6.07) is 24.0. The number of carbonyl (C=O) groups is 2. The topological polar surface area (TPSA) is 96.0 Å². The van der Waals surface area contributed by atoms with Gasteiger partial charge in [-0.25, -0.2) is 8.42 Å². The maximum absolute atomic E-state index is 14.0. The Morgan fingerprint density at radius 3 is 2.23 bits per heavy atom. The summed E-state index contributed by atoms with van der Waals surface area (Å²) in [5, 5.41) is 3.22. The van der Waals surface area contributed by atoms with Gasteiger partial charge in [-0.1, -0.05) is 85.1 Å². The Labute approximate surface area is 256 Å². The summed E-state index contributed by atoms with van der Waals surface area (Å²) in [5.41, 5.74) is 3.43. The van der Waals surface area contributed by atoms with Crippen LogP contribution in [0.4, 0.5) is 5.69 Å². The second-order valence-electron chi connectivity index (χ2n) is 11.3. The average molecular weight is 606 g/mol. The largest absolute Gasteiger partial charge is 0.495 e. The van der Waals surface area contributed by atoms with Gasteiger partial charge in [-0.3, -0.25) is 13.9 Å². The summed E-state index contributed by atoms with van der Waals surface area (Å²) in [6.45, 7) is 2.38. The lowest BCUT2D eigenvalue weighted by atomic mass is 10.0. The number of sulfonamides is 1. The minimum absolute atomic E-state index is 0.0784. The van der Waals surface area contributed by atoms with E-state index in [-0.39, 0.29) is 43.8 Å². The Morgan fingerprint density at radius 1 is 0.930 bits per heavy atom. The Hall–Kier alpha value is -3.85. The summed E-state index contributed by atoms with van der Waals surface area (Å²) in [5.74, 6) is 0.0892. The fraction of sp³-hybridized carbons (Fsp3) is 0.412. The van der Waals surface area contributed by atoms with E-state index in [9.17, 15) is 18.0 Å². The van der Waals surface area contributed by atoms with Gasteiger partial charge in [0.25, 0.3) is 0 Å². The molecule has 0 radical (unpaired) electrons. The zero-order chi connectivity index (χ0) is 30.8. The number of anilines is 1. The first-order chi connectivity index (χ1) is 20.7. The molecule has 0 unspecified atom stereocenters. The van der Waals surface area contributed by atoms with E-state index in [1.807, 2.05) is 61.5 Å². The Bertz CT molecular complexity index is 1450. The number of methoxy groups -OCH3 is 1. The van der Waals surface area contributed by atoms with Gasteiger partial charge in [0.05, 0.1) is 19.1 Å². The first-order valence-electron chi connectivity index (χ1n) is 15.0. The van der Waals surface area contributed by atoms with Crippen LogP contribution < -0.4 is 14.4 Å². The number of ether oxygens (including phenoxy) is 1. The van der Waals surface area contributed by atoms with Crippen molar-refractivity contribution in [2.24, 2.45) is 0 Å². The van der Waals surface area contributed by atoms with Crippen LogP contribution in [0.15, 0.2) is 78.9 Å². The standard InChI is InChI=1S/C34H43N3O5S/c1-26-19-21-28(22-20-26)25-36(31(24-27-12-5-4-6-13-27)34(39)35-29-14-7-8-15-29)33(38)18-11-23-37(43(3,40)41)30-16-9-10-17-32(30)42-2/h4-6,9-10,12-13,16-17,19-22,29,31H,7-8,11,14-15,18,23-25H2,1-3H3,(H,35,39)/t31-/m0/s1. The lowest BCUT2D eigenvalue weighted by molar-refractivity contribution is -0.141. The zero-order valence-corrected chi connectivity index (χ0v) is 26.2. The molecule has 1 aliphatic rings. The predicted octanol–water partition coefficient (Wildman–Crippen LogP) is 5.25. The number of nitrogens with one attached hydrogen (secondary N) is 1. The summed E-state index contributed by atoms with van der Waals surface area (Å²) >= 11 is 0. The second kappa shape index (κ2) is 15.0. The van der Waals surface area contributed by atoms with Crippen molar-refractivity contribution in [3.05, 3.63) is 95.6 Å². The Kier molecular flexibility index (Phi) is 11.2. The molecule has 2 amide bonds. The van der Waals surface area contributed by atoms with Gasteiger partial charge in [-0.05, 0) is 49.4 Å². The number of benzene rings is 3. The molecule has 0 aliphatic heterocycles. The molecule has 4 rings (SSSR count). The first-order valence-corrected chi connectivity index (χ1v) is 16.8. The SMILES string of the molecule is COc1ccccc1N(CCCC(=O)N(Cc1ccc(C)cc1)[C@@H](Cc1ccccc1)C(=O)NC1CCCC1)S(C)(=O)=O. The number of carbonyl (C=O) groups excluding carboxylic acids is 2. The van der Waals surface area contributed by atoms with E-state index in [1.165, 1.54) is 11.4 Å². The molecule has 3 aromatic rings. The third-order valence-corrected chi connectivity index (χ3v) is 9.13. The highest BCUT2D eigenvalue weighted by Gasteiger charge is 2.32. The van der Waals surface area contributed by atoms with Crippen LogP contribution in [0.5, 0.6) is 5.75 Å². The van der Waals surface area contributed by atoms with E-state index < -0.39 is 16.1 Å². The molecule has 1 fully saturated rings. The molecule has 43 heavy (non-hydrogen) atoms. The normalized spacial score (nSPS) is 14.2. The van der Waals surface area contributed by atoms with E-state index in [0.717, 1.165) is 48.6 Å². The average Bonchev–Trinajstić information content (AvgIpc) is 3.51. The van der Waals surface area contributed by atoms with Crippen molar-refractivity contribution in [1.82, 2.24) is 10.2 Å². The van der Waals surface area contributed by atoms with Crippen LogP contribution in [0, 0.1) is 6.92 Å². The third-order valence-electron chi connectivity index (χ3n) is 7.95. The van der Waals surface area contributed by atoms with Crippen molar-refractivity contribution in [1.29, 1.82) is 0 Å². The monoisotopic (exact) mass is 605 g/mol. The molecule has 1 aliphatic carbocycles. The fourth-order valence-corrected chi connectivity index (χ4v) is 6.60. The van der Waals surface area contributed by atoms with E-state index >= 15 is 0 Å². The van der Waals surface area contributed by atoms with Gasteiger partial charge in [0.2, 0.25) is 21.8 Å². The molecule has 1 saturated carbocycles. The number of hydrogen-bond donors (Lipinski definition) is 1. The quantitative estimate of drug-likeness (QED) is 0.271. The lowest BCUT2D eigenvalue weighted by Gasteiger charge is -2.33. The number of nitrogens with zero attached hydrogens (tertiary/aromatic N) is 2. The fourth-order valence-electron chi connectivity index (χ4n) is 5.63. The highest BCUT2D eigenvalue weighted by atomic mass is 32.2. The molecule has 1 atom stereocenters. The molecule has 8 nitrogen and oxygen atoms in total. The smallest absolute Gasteiger partial charge is 0.243 e. The van der Waals surface area contributed by atoms with Crippen molar-refractivity contribution in [3.63, 3.8) is 0 Å². The van der Waals surface area contributed by atoms with Crippen LogP contribution in [-0.4, -0.2) is 57.1 Å². The molecule has 0 heterocycles. The van der Waals surface area contributed by atoms with Gasteiger partial charge in [0.1, 0.15) is 11.8 Å². The number of rotatable bonds is 14. The summed E-state index contributed by atoms with van der Waals surface area (Å²) in [7, 11) is -2.15. The maximum Gasteiger partial charge on any atom is 0.243 e. The van der Waals surface area contributed by atoms with Crippen LogP contribution in [-0.2, 0) is 32.6 Å². The molecule has 9 heteroatoms. The summed E-state index contributed by atoms with van der Waals surface area (Å²) in [6.07, 6.45) is 5.94. The van der Waals surface area contributed by atoms with E-state index in [2.05, 4.69) is 5.32 Å². The highest BCUT2D eigenvalue weighted by molar-refractivity contribution is 7.92. The third kappa shape index (κ3) is 9.07. The molecule has 0 aromatic heterocycles. The molecule has 230 valence electrons. The van der Waals surface area contributed by atoms with Gasteiger partial charge in [0.15, 0.2) is 0 Å². The van der Waals surface area contributed by atoms with E-state index in [4.69, 9.17) is 4.74 Å². The lowest BCUT2D eigenvalue weighted by Crippen LogP contribution is -2.52. The Balaban J connectivity index is 1.59. The molecule has 0 saturated heterocycles. The van der Waals surface area contributed by atoms with Crippen LogP contribution in [0.3, 0.4) is 0 Å². The van der Waals surface area contributed by atoms with Crippen molar-refractivity contribution < 1.29 is 22.7 Å². The first kappa shape index (κ1) is 32.1.